The third kappa shape index (κ3) is 5.19. The molecule has 2 aromatic rings. The zero-order valence-electron chi connectivity index (χ0n) is 13.9. The van der Waals surface area contributed by atoms with Crippen LogP contribution in [-0.2, 0) is 16.0 Å². The van der Waals surface area contributed by atoms with Crippen LogP contribution in [0.4, 0.5) is 4.39 Å². The molecule has 2 rings (SSSR count). The second-order valence-electron chi connectivity index (χ2n) is 5.48. The molecule has 0 fully saturated rings. The molecule has 0 radical (unpaired) electrons. The van der Waals surface area contributed by atoms with E-state index >= 15 is 0 Å². The molecule has 2 N–H and O–H groups in total. The first-order valence-electron chi connectivity index (χ1n) is 7.58. The fraction of sp³-hybridized carbons (Fsp3) is 0.222. The smallest absolute Gasteiger partial charge is 0.276 e. The van der Waals surface area contributed by atoms with Crippen LogP contribution >= 0.6 is 11.6 Å². The van der Waals surface area contributed by atoms with E-state index in [2.05, 4.69) is 10.9 Å². The summed E-state index contributed by atoms with van der Waals surface area (Å²) in [6.07, 6.45) is -0.288. The number of para-hydroxylation sites is 1. The predicted molar refractivity (Wildman–Crippen MR) is 92.8 cm³/mol. The number of rotatable bonds is 5. The predicted octanol–water partition coefficient (Wildman–Crippen LogP) is 2.86. The van der Waals surface area contributed by atoms with Crippen molar-refractivity contribution < 1.29 is 18.7 Å². The number of hydrazine groups is 1. The van der Waals surface area contributed by atoms with Crippen LogP contribution in [0.2, 0.25) is 5.02 Å². The summed E-state index contributed by atoms with van der Waals surface area (Å²) in [5.74, 6) is -1.07. The Hall–Kier alpha value is -2.60. The lowest BCUT2D eigenvalue weighted by molar-refractivity contribution is -0.129. The molecule has 0 heterocycles. The van der Waals surface area contributed by atoms with Crippen LogP contribution in [0, 0.1) is 19.7 Å². The first kappa shape index (κ1) is 18.7. The minimum Gasteiger partial charge on any atom is -0.483 e. The molecule has 0 unspecified atom stereocenters. The van der Waals surface area contributed by atoms with Crippen LogP contribution in [0.25, 0.3) is 0 Å². The van der Waals surface area contributed by atoms with Crippen molar-refractivity contribution in [3.63, 3.8) is 0 Å². The Bertz CT molecular complexity index is 755. The number of ether oxygens (including phenoxy) is 1. The third-order valence-electron chi connectivity index (χ3n) is 3.50. The maximum Gasteiger partial charge on any atom is 0.276 e. The van der Waals surface area contributed by atoms with Crippen molar-refractivity contribution in [2.24, 2.45) is 0 Å². The van der Waals surface area contributed by atoms with Gasteiger partial charge in [-0.2, -0.15) is 0 Å². The maximum absolute atomic E-state index is 13.6. The molecule has 0 aromatic heterocycles. The lowest BCUT2D eigenvalue weighted by Crippen LogP contribution is -2.44. The SMILES string of the molecule is Cc1cccc(C)c1OCC(=O)NNC(=O)Cc1c(F)cccc1Cl. The molecule has 0 saturated heterocycles. The van der Waals surface area contributed by atoms with Gasteiger partial charge in [-0.05, 0) is 37.1 Å². The summed E-state index contributed by atoms with van der Waals surface area (Å²) in [6, 6.07) is 9.80. The van der Waals surface area contributed by atoms with E-state index in [9.17, 15) is 14.0 Å². The molecule has 25 heavy (non-hydrogen) atoms. The minimum absolute atomic E-state index is 0.0719. The number of amides is 2. The summed E-state index contributed by atoms with van der Waals surface area (Å²) < 4.78 is 19.1. The molecular weight excluding hydrogens is 347 g/mol. The average Bonchev–Trinajstić information content (AvgIpc) is 2.56. The molecule has 0 atom stereocenters. The van der Waals surface area contributed by atoms with Gasteiger partial charge in [0.25, 0.3) is 5.91 Å². The zero-order chi connectivity index (χ0) is 18.4. The molecule has 132 valence electrons. The summed E-state index contributed by atoms with van der Waals surface area (Å²) in [5, 5.41) is 0.153. The Labute approximate surface area is 150 Å². The maximum atomic E-state index is 13.6. The summed E-state index contributed by atoms with van der Waals surface area (Å²) in [5.41, 5.74) is 6.32. The number of carbonyl (C=O) groups is 2. The van der Waals surface area contributed by atoms with Gasteiger partial charge in [-0.15, -0.1) is 0 Å². The average molecular weight is 365 g/mol. The van der Waals surface area contributed by atoms with Crippen LogP contribution in [0.1, 0.15) is 16.7 Å². The molecule has 7 heteroatoms. The number of hydrogen-bond donors (Lipinski definition) is 2. The number of benzene rings is 2. The molecule has 0 saturated carbocycles. The Morgan fingerprint density at radius 1 is 1.04 bits per heavy atom. The minimum atomic E-state index is -0.590. The van der Waals surface area contributed by atoms with Crippen molar-refractivity contribution in [2.45, 2.75) is 20.3 Å². The molecule has 0 bridgehead atoms. The van der Waals surface area contributed by atoms with Gasteiger partial charge >= 0.3 is 0 Å². The number of carbonyl (C=O) groups excluding carboxylic acids is 2. The summed E-state index contributed by atoms with van der Waals surface area (Å²) in [7, 11) is 0. The Balaban J connectivity index is 1.83. The number of hydrogen-bond acceptors (Lipinski definition) is 3. The molecule has 2 aromatic carbocycles. The largest absolute Gasteiger partial charge is 0.483 e. The summed E-state index contributed by atoms with van der Waals surface area (Å²) in [6.45, 7) is 3.49. The normalized spacial score (nSPS) is 10.2. The second kappa shape index (κ2) is 8.48. The molecule has 0 aliphatic rings. The summed E-state index contributed by atoms with van der Waals surface area (Å²) in [4.78, 5) is 23.6. The van der Waals surface area contributed by atoms with Gasteiger partial charge in [-0.1, -0.05) is 35.9 Å². The van der Waals surface area contributed by atoms with Gasteiger partial charge < -0.3 is 4.74 Å². The van der Waals surface area contributed by atoms with E-state index in [-0.39, 0.29) is 23.6 Å². The molecule has 0 spiro atoms. The van der Waals surface area contributed by atoms with E-state index in [0.717, 1.165) is 11.1 Å². The van der Waals surface area contributed by atoms with Crippen molar-refractivity contribution in [1.29, 1.82) is 0 Å². The highest BCUT2D eigenvalue weighted by Crippen LogP contribution is 2.22. The molecule has 0 aliphatic heterocycles. The van der Waals surface area contributed by atoms with Gasteiger partial charge in [0, 0.05) is 10.6 Å². The Kier molecular flexibility index (Phi) is 6.36. The standard InChI is InChI=1S/C18H18ClFN2O3/c1-11-5-3-6-12(2)18(11)25-10-17(24)22-21-16(23)9-13-14(19)7-4-8-15(13)20/h3-8H,9-10H2,1-2H3,(H,21,23)(H,22,24). The van der Waals surface area contributed by atoms with Gasteiger partial charge in [-0.3, -0.25) is 20.4 Å². The van der Waals surface area contributed by atoms with E-state index in [1.54, 1.807) is 0 Å². The van der Waals surface area contributed by atoms with Gasteiger partial charge in [0.2, 0.25) is 5.91 Å². The number of halogens is 2. The first-order chi connectivity index (χ1) is 11.9. The monoisotopic (exact) mass is 364 g/mol. The highest BCUT2D eigenvalue weighted by atomic mass is 35.5. The van der Waals surface area contributed by atoms with E-state index in [1.165, 1.54) is 18.2 Å². The van der Waals surface area contributed by atoms with E-state index < -0.39 is 17.6 Å². The van der Waals surface area contributed by atoms with Gasteiger partial charge in [0.1, 0.15) is 11.6 Å². The van der Waals surface area contributed by atoms with Crippen molar-refractivity contribution in [3.8, 4) is 5.75 Å². The van der Waals surface area contributed by atoms with Crippen LogP contribution in [0.3, 0.4) is 0 Å². The van der Waals surface area contributed by atoms with E-state index in [1.807, 2.05) is 32.0 Å². The Morgan fingerprint density at radius 3 is 2.28 bits per heavy atom. The second-order valence-corrected chi connectivity index (χ2v) is 5.89. The molecule has 2 amide bonds. The van der Waals surface area contributed by atoms with E-state index in [4.69, 9.17) is 16.3 Å². The fourth-order valence-electron chi connectivity index (χ4n) is 2.25. The molecule has 5 nitrogen and oxygen atoms in total. The van der Waals surface area contributed by atoms with Crippen molar-refractivity contribution in [1.82, 2.24) is 10.9 Å². The number of nitrogens with one attached hydrogen (secondary N) is 2. The Morgan fingerprint density at radius 2 is 1.64 bits per heavy atom. The van der Waals surface area contributed by atoms with Gasteiger partial charge in [-0.25, -0.2) is 4.39 Å². The first-order valence-corrected chi connectivity index (χ1v) is 7.96. The van der Waals surface area contributed by atoms with Crippen LogP contribution in [0.5, 0.6) is 5.75 Å². The lowest BCUT2D eigenvalue weighted by Gasteiger charge is -2.12. The molecule has 0 aliphatic carbocycles. The van der Waals surface area contributed by atoms with E-state index in [0.29, 0.717) is 5.75 Å². The summed E-state index contributed by atoms with van der Waals surface area (Å²) >= 11 is 5.86. The third-order valence-corrected chi connectivity index (χ3v) is 3.85. The quantitative estimate of drug-likeness (QED) is 0.802. The highest BCUT2D eigenvalue weighted by Gasteiger charge is 2.13. The van der Waals surface area contributed by atoms with Crippen molar-refractivity contribution in [2.75, 3.05) is 6.61 Å². The highest BCUT2D eigenvalue weighted by molar-refractivity contribution is 6.31. The van der Waals surface area contributed by atoms with Crippen molar-refractivity contribution >= 4 is 23.4 Å². The molecular formula is C18H18ClFN2O3. The van der Waals surface area contributed by atoms with Gasteiger partial charge in [0.15, 0.2) is 6.61 Å². The van der Waals surface area contributed by atoms with Crippen molar-refractivity contribution in [3.05, 3.63) is 63.9 Å². The number of aryl methyl sites for hydroxylation is 2. The van der Waals surface area contributed by atoms with Crippen LogP contribution < -0.4 is 15.6 Å². The topological polar surface area (TPSA) is 67.4 Å². The van der Waals surface area contributed by atoms with Crippen LogP contribution in [0.15, 0.2) is 36.4 Å². The fourth-order valence-corrected chi connectivity index (χ4v) is 2.48. The lowest BCUT2D eigenvalue weighted by atomic mass is 10.1. The van der Waals surface area contributed by atoms with Gasteiger partial charge in [0.05, 0.1) is 6.42 Å². The van der Waals surface area contributed by atoms with Crippen LogP contribution in [-0.4, -0.2) is 18.4 Å². The zero-order valence-corrected chi connectivity index (χ0v) is 14.6.